The second kappa shape index (κ2) is 9.07. The minimum absolute atomic E-state index is 0.222. The Morgan fingerprint density at radius 1 is 1.17 bits per heavy atom. The van der Waals surface area contributed by atoms with Crippen molar-refractivity contribution >= 4 is 5.97 Å². The molecule has 1 fully saturated rings. The molecular weight excluding hydrogens is 302 g/mol. The molecule has 24 heavy (non-hydrogen) atoms. The van der Waals surface area contributed by atoms with Crippen molar-refractivity contribution in [2.45, 2.75) is 59.4 Å². The Bertz CT molecular complexity index is 527. The zero-order valence-electron chi connectivity index (χ0n) is 15.6. The molecular formula is C20H31NO3. The van der Waals surface area contributed by atoms with Gasteiger partial charge in [0.2, 0.25) is 0 Å². The number of aryl methyl sites for hydroxylation is 2. The second-order valence-corrected chi connectivity index (χ2v) is 6.80. The van der Waals surface area contributed by atoms with Crippen molar-refractivity contribution in [3.8, 4) is 5.75 Å². The van der Waals surface area contributed by atoms with Crippen molar-refractivity contribution in [1.29, 1.82) is 0 Å². The highest BCUT2D eigenvalue weighted by atomic mass is 16.5. The number of hydrogen-bond donors (Lipinski definition) is 0. The van der Waals surface area contributed by atoms with E-state index in [9.17, 15) is 4.79 Å². The Morgan fingerprint density at radius 3 is 2.38 bits per heavy atom. The predicted octanol–water partition coefficient (Wildman–Crippen LogP) is 4.12. The zero-order valence-corrected chi connectivity index (χ0v) is 15.6. The third-order valence-electron chi connectivity index (χ3n) is 4.72. The van der Waals surface area contributed by atoms with Crippen LogP contribution in [-0.2, 0) is 4.74 Å². The van der Waals surface area contributed by atoms with Crippen LogP contribution in [-0.4, -0.2) is 43.2 Å². The number of hydrogen-bond acceptors (Lipinski definition) is 4. The van der Waals surface area contributed by atoms with Crippen molar-refractivity contribution < 1.29 is 14.3 Å². The van der Waals surface area contributed by atoms with Gasteiger partial charge >= 0.3 is 5.97 Å². The van der Waals surface area contributed by atoms with E-state index in [0.29, 0.717) is 24.8 Å². The summed E-state index contributed by atoms with van der Waals surface area (Å²) in [5, 5.41) is 0. The van der Waals surface area contributed by atoms with Gasteiger partial charge in [-0.05, 0) is 82.8 Å². The van der Waals surface area contributed by atoms with Gasteiger partial charge in [-0.2, -0.15) is 0 Å². The van der Waals surface area contributed by atoms with E-state index >= 15 is 0 Å². The molecule has 0 radical (unpaired) electrons. The SMILES string of the molecule is CCCOc1cc(C)c(C(=O)OCC[C@H](C)N2CCCC2)c(C)c1. The van der Waals surface area contributed by atoms with Crippen molar-refractivity contribution in [2.75, 3.05) is 26.3 Å². The van der Waals surface area contributed by atoms with Crippen LogP contribution in [0.4, 0.5) is 0 Å². The molecule has 1 heterocycles. The van der Waals surface area contributed by atoms with Crippen molar-refractivity contribution in [1.82, 2.24) is 4.90 Å². The normalized spacial score (nSPS) is 16.2. The predicted molar refractivity (Wildman–Crippen MR) is 96.9 cm³/mol. The van der Waals surface area contributed by atoms with Crippen molar-refractivity contribution in [3.05, 3.63) is 28.8 Å². The highest BCUT2D eigenvalue weighted by molar-refractivity contribution is 5.93. The molecule has 1 saturated heterocycles. The maximum Gasteiger partial charge on any atom is 0.338 e. The van der Waals surface area contributed by atoms with E-state index in [2.05, 4.69) is 18.7 Å². The first-order chi connectivity index (χ1) is 11.5. The van der Waals surface area contributed by atoms with Crippen LogP contribution < -0.4 is 4.74 Å². The van der Waals surface area contributed by atoms with Crippen LogP contribution in [0.5, 0.6) is 5.75 Å². The molecule has 1 aromatic rings. The van der Waals surface area contributed by atoms with Crippen molar-refractivity contribution in [2.24, 2.45) is 0 Å². The van der Waals surface area contributed by atoms with Crippen LogP contribution in [0.25, 0.3) is 0 Å². The maximum atomic E-state index is 12.4. The Hall–Kier alpha value is -1.55. The average molecular weight is 333 g/mol. The summed E-state index contributed by atoms with van der Waals surface area (Å²) in [6, 6.07) is 4.32. The zero-order chi connectivity index (χ0) is 17.5. The van der Waals surface area contributed by atoms with E-state index in [1.165, 1.54) is 25.9 Å². The van der Waals surface area contributed by atoms with Gasteiger partial charge in [-0.15, -0.1) is 0 Å². The number of likely N-dealkylation sites (tertiary alicyclic amines) is 1. The van der Waals surface area contributed by atoms with E-state index in [0.717, 1.165) is 29.7 Å². The van der Waals surface area contributed by atoms with Gasteiger partial charge in [-0.25, -0.2) is 4.79 Å². The average Bonchev–Trinajstić information content (AvgIpc) is 3.06. The summed E-state index contributed by atoms with van der Waals surface area (Å²) < 4.78 is 11.2. The Kier molecular flexibility index (Phi) is 7.10. The third-order valence-corrected chi connectivity index (χ3v) is 4.72. The summed E-state index contributed by atoms with van der Waals surface area (Å²) in [4.78, 5) is 14.9. The molecule has 1 aliphatic heterocycles. The first-order valence-electron chi connectivity index (χ1n) is 9.18. The van der Waals surface area contributed by atoms with Crippen LogP contribution in [0, 0.1) is 13.8 Å². The number of nitrogens with zero attached hydrogens (tertiary/aromatic N) is 1. The quantitative estimate of drug-likeness (QED) is 0.671. The first-order valence-corrected chi connectivity index (χ1v) is 9.18. The molecule has 0 N–H and O–H groups in total. The number of carbonyl (C=O) groups excluding carboxylic acids is 1. The van der Waals surface area contributed by atoms with E-state index in [4.69, 9.17) is 9.47 Å². The molecule has 4 nitrogen and oxygen atoms in total. The molecule has 1 aliphatic rings. The standard InChI is InChI=1S/C20H31NO3/c1-5-11-23-18-13-15(2)19(16(3)14-18)20(22)24-12-8-17(4)21-9-6-7-10-21/h13-14,17H,5-12H2,1-4H3/t17-/m0/s1. The minimum atomic E-state index is -0.222. The van der Waals surface area contributed by atoms with Gasteiger partial charge in [0.15, 0.2) is 0 Å². The largest absolute Gasteiger partial charge is 0.494 e. The van der Waals surface area contributed by atoms with Crippen LogP contribution >= 0.6 is 0 Å². The van der Waals surface area contributed by atoms with E-state index in [1.807, 2.05) is 26.0 Å². The number of benzene rings is 1. The van der Waals surface area contributed by atoms with Gasteiger partial charge < -0.3 is 14.4 Å². The topological polar surface area (TPSA) is 38.8 Å². The summed E-state index contributed by atoms with van der Waals surface area (Å²) in [5.74, 6) is 0.603. The molecule has 0 aliphatic carbocycles. The fourth-order valence-corrected chi connectivity index (χ4v) is 3.31. The molecule has 4 heteroatoms. The van der Waals surface area contributed by atoms with Gasteiger partial charge in [0, 0.05) is 6.04 Å². The summed E-state index contributed by atoms with van der Waals surface area (Å²) >= 11 is 0. The molecule has 2 rings (SSSR count). The molecule has 0 saturated carbocycles. The fraction of sp³-hybridized carbons (Fsp3) is 0.650. The van der Waals surface area contributed by atoms with Gasteiger partial charge in [0.25, 0.3) is 0 Å². The van der Waals surface area contributed by atoms with Crippen LogP contribution in [0.2, 0.25) is 0 Å². The first kappa shape index (κ1) is 18.8. The van der Waals surface area contributed by atoms with Crippen LogP contribution in [0.1, 0.15) is 61.0 Å². The lowest BCUT2D eigenvalue weighted by molar-refractivity contribution is 0.0469. The Morgan fingerprint density at radius 2 is 1.79 bits per heavy atom. The lowest BCUT2D eigenvalue weighted by atomic mass is 10.0. The number of rotatable bonds is 8. The molecule has 0 unspecified atom stereocenters. The molecule has 1 atom stereocenters. The monoisotopic (exact) mass is 333 g/mol. The lowest BCUT2D eigenvalue weighted by Gasteiger charge is -2.23. The highest BCUT2D eigenvalue weighted by Gasteiger charge is 2.19. The molecule has 1 aromatic carbocycles. The minimum Gasteiger partial charge on any atom is -0.494 e. The summed E-state index contributed by atoms with van der Waals surface area (Å²) in [5.41, 5.74) is 2.50. The molecule has 0 spiro atoms. The second-order valence-electron chi connectivity index (χ2n) is 6.80. The lowest BCUT2D eigenvalue weighted by Crippen LogP contribution is -2.31. The number of esters is 1. The van der Waals surface area contributed by atoms with Crippen LogP contribution in [0.15, 0.2) is 12.1 Å². The van der Waals surface area contributed by atoms with Crippen LogP contribution in [0.3, 0.4) is 0 Å². The molecule has 0 bridgehead atoms. The summed E-state index contributed by atoms with van der Waals surface area (Å²) in [7, 11) is 0. The third kappa shape index (κ3) is 4.97. The summed E-state index contributed by atoms with van der Waals surface area (Å²) in [6.45, 7) is 11.7. The Labute approximate surface area is 146 Å². The molecule has 0 aromatic heterocycles. The van der Waals surface area contributed by atoms with Gasteiger partial charge in [0.1, 0.15) is 5.75 Å². The smallest absolute Gasteiger partial charge is 0.338 e. The van der Waals surface area contributed by atoms with E-state index in [-0.39, 0.29) is 5.97 Å². The van der Waals surface area contributed by atoms with E-state index in [1.54, 1.807) is 0 Å². The Balaban J connectivity index is 1.89. The fourth-order valence-electron chi connectivity index (χ4n) is 3.31. The highest BCUT2D eigenvalue weighted by Crippen LogP contribution is 2.23. The summed E-state index contributed by atoms with van der Waals surface area (Å²) in [6.07, 6.45) is 4.43. The van der Waals surface area contributed by atoms with Gasteiger partial charge in [0.05, 0.1) is 18.8 Å². The van der Waals surface area contributed by atoms with E-state index < -0.39 is 0 Å². The van der Waals surface area contributed by atoms with Crippen molar-refractivity contribution in [3.63, 3.8) is 0 Å². The molecule has 134 valence electrons. The number of ether oxygens (including phenoxy) is 2. The van der Waals surface area contributed by atoms with Gasteiger partial charge in [-0.1, -0.05) is 6.92 Å². The number of carbonyl (C=O) groups is 1. The van der Waals surface area contributed by atoms with Gasteiger partial charge in [-0.3, -0.25) is 0 Å². The molecule has 0 amide bonds. The maximum absolute atomic E-state index is 12.4.